The minimum atomic E-state index is -0.570. The van der Waals surface area contributed by atoms with Crippen LogP contribution >= 0.6 is 0 Å². The van der Waals surface area contributed by atoms with Crippen LogP contribution in [0.1, 0.15) is 107 Å². The molecule has 1 aliphatic heterocycles. The van der Waals surface area contributed by atoms with Crippen LogP contribution in [0.4, 0.5) is 37.0 Å². The smallest absolute Gasteiger partial charge is 0.253 e. The predicted molar refractivity (Wildman–Crippen MR) is 449 cm³/mol. The molecule has 620 valence electrons. The monoisotopic (exact) mass is 1650 g/mol. The van der Waals surface area contributed by atoms with Crippen molar-refractivity contribution in [1.29, 1.82) is 0 Å². The van der Waals surface area contributed by atoms with Gasteiger partial charge in [-0.1, -0.05) is 72.8 Å². The molecule has 0 bridgehead atoms. The van der Waals surface area contributed by atoms with Crippen molar-refractivity contribution in [2.45, 2.75) is 77.0 Å². The van der Waals surface area contributed by atoms with Gasteiger partial charge < -0.3 is 29.7 Å². The third kappa shape index (κ3) is 19.5. The average Bonchev–Trinajstić information content (AvgIpc) is 1.54. The zero-order valence-electron chi connectivity index (χ0n) is 66.5. The summed E-state index contributed by atoms with van der Waals surface area (Å²) >= 11 is 0. The first-order chi connectivity index (χ1) is 59.4. The first-order valence-electron chi connectivity index (χ1n) is 40.3. The molecule has 14 aromatic rings. The fraction of sp³-hybridized carbons (Fsp3) is 0.256. The summed E-state index contributed by atoms with van der Waals surface area (Å²) < 4.78 is 67.5. The second kappa shape index (κ2) is 36.7. The van der Waals surface area contributed by atoms with Crippen LogP contribution < -0.4 is 46.1 Å². The fourth-order valence-electron chi connectivity index (χ4n) is 13.8. The van der Waals surface area contributed by atoms with E-state index in [-0.39, 0.29) is 106 Å². The highest BCUT2D eigenvalue weighted by atomic mass is 19.1. The summed E-state index contributed by atoms with van der Waals surface area (Å²) in [5, 5.41) is 33.9. The molecule has 0 radical (unpaired) electrons. The number of nitrogens with one attached hydrogen (secondary N) is 6. The molecule has 0 unspecified atom stereocenters. The third-order valence-corrected chi connectivity index (χ3v) is 20.9. The Bertz CT molecular complexity index is 6260. The zero-order chi connectivity index (χ0) is 84.3. The second-order valence-corrected chi connectivity index (χ2v) is 29.9. The van der Waals surface area contributed by atoms with Crippen LogP contribution in [0.15, 0.2) is 206 Å². The number of para-hydroxylation sites is 1. The predicted octanol–water partition coefficient (Wildman–Crippen LogP) is 13.8. The number of carbonyl (C=O) groups is 7. The molecule has 6 N–H and O–H groups in total. The maximum atomic E-state index is 15.0. The van der Waals surface area contributed by atoms with Gasteiger partial charge in [-0.25, -0.2) is 31.2 Å². The van der Waals surface area contributed by atoms with Gasteiger partial charge >= 0.3 is 0 Å². The van der Waals surface area contributed by atoms with Crippen LogP contribution in [0.25, 0.3) is 67.6 Å². The Morgan fingerprint density at radius 3 is 1.13 bits per heavy atom. The first-order valence-corrected chi connectivity index (χ1v) is 40.3. The molecule has 19 rings (SSSR count). The second-order valence-electron chi connectivity index (χ2n) is 29.9. The number of carbonyl (C=O) groups excluding carboxylic acids is 7. The van der Waals surface area contributed by atoms with Crippen molar-refractivity contribution in [3.8, 4) is 62.3 Å². The Kier molecular flexibility index (Phi) is 24.3. The van der Waals surface area contributed by atoms with Gasteiger partial charge in [0.25, 0.3) is 17.7 Å². The Morgan fingerprint density at radius 2 is 0.746 bits per heavy atom. The largest absolute Gasteiger partial charge is 0.497 e. The standard InChI is InChI=1S/C25H22FN5O3.C25H22FN5O2.C22H22FN5O2.C18H18N4O3/c26-20-15-17(23(32)27-13-14-34-18-5-2-1-3-6-18)11-12-19(20)21-7-4-8-22-28-25(30-31(21)22)29-24(33)16-9-10-16;26-20-15-18(23(32)27-14-13-16-5-2-1-3-6-16)11-12-19(20)21-7-4-8-22-28-25(30-31(21)22)29-24(33)17-9-10-17;23-17-13-15(21(30)27-11-2-1-3-12-27)9-10-16(17)18-5-4-6-19-24-22(26-28(18)19)25-20(29)14-7-8-14;1-24-12-8-9-13(15(10-12)25-2)14-4-3-5-16-19-18(21-22(14)16)20-17(23)11-6-7-11/h1-8,11-12,15-16H,9-10,13-14H2,(H,27,32)(H,29,30,33);1-8,11-12,15,17H,9-10,13-14H2,(H,27,32)(H,29,30,33);4-6,9-10,13-14H,1-3,7-8,11-12H2,(H,25,26,29);3-5,8-11H,6-7H2,1-2H3,(H,20,21,23). The lowest BCUT2D eigenvalue weighted by Gasteiger charge is -2.26. The van der Waals surface area contributed by atoms with Crippen LogP contribution in [0.5, 0.6) is 17.2 Å². The van der Waals surface area contributed by atoms with E-state index in [0.29, 0.717) is 93.6 Å². The summed E-state index contributed by atoms with van der Waals surface area (Å²) in [6.45, 7) is 2.47. The number of aromatic nitrogens is 12. The van der Waals surface area contributed by atoms with Crippen molar-refractivity contribution in [1.82, 2.24) is 73.9 Å². The van der Waals surface area contributed by atoms with Crippen molar-refractivity contribution in [2.24, 2.45) is 23.7 Å². The van der Waals surface area contributed by atoms with Crippen LogP contribution in [0, 0.1) is 41.1 Å². The van der Waals surface area contributed by atoms with Gasteiger partial charge in [-0.3, -0.25) is 54.8 Å². The Balaban J connectivity index is 0.000000121. The summed E-state index contributed by atoms with van der Waals surface area (Å²) in [6.07, 6.45) is 10.9. The molecule has 122 heavy (non-hydrogen) atoms. The number of halogens is 3. The number of amides is 7. The van der Waals surface area contributed by atoms with E-state index in [1.807, 2.05) is 97.1 Å². The number of benzene rings is 6. The van der Waals surface area contributed by atoms with E-state index in [0.717, 1.165) is 101 Å². The van der Waals surface area contributed by atoms with Gasteiger partial charge in [0.1, 0.15) is 41.3 Å². The number of piperidine rings is 1. The topological polar surface area (TPSA) is 343 Å². The maximum Gasteiger partial charge on any atom is 0.253 e. The summed E-state index contributed by atoms with van der Waals surface area (Å²) in [7, 11) is 3.22. The third-order valence-electron chi connectivity index (χ3n) is 20.9. The molecule has 1 saturated heterocycles. The molecule has 7 amide bonds. The van der Waals surface area contributed by atoms with Gasteiger partial charge in [0.15, 0.2) is 22.6 Å². The number of hydrogen-bond donors (Lipinski definition) is 6. The molecule has 4 aliphatic carbocycles. The highest BCUT2D eigenvalue weighted by molar-refractivity contribution is 5.98. The van der Waals surface area contributed by atoms with Crippen molar-refractivity contribution in [3.63, 3.8) is 0 Å². The SMILES string of the molecule is COc1ccc(-c2cccc3nc(NC(=O)C4CC4)nn23)c(OC)c1.O=C(NCCOc1ccccc1)c1ccc(-c2cccc3nc(NC(=O)C4CC4)nn23)c(F)c1.O=C(NCCc1ccccc1)c1ccc(-c2cccc3nc(NC(=O)C4CC4)nn23)c(F)c1.O=C(Nc1nc2cccc(-c3ccc(C(=O)N4CCCCC4)cc3F)n2n1)C1CC1. The van der Waals surface area contributed by atoms with Crippen molar-refractivity contribution in [3.05, 3.63) is 246 Å². The lowest BCUT2D eigenvalue weighted by Crippen LogP contribution is -2.35. The van der Waals surface area contributed by atoms with Crippen LogP contribution in [0.3, 0.4) is 0 Å². The molecule has 9 heterocycles. The van der Waals surface area contributed by atoms with E-state index in [9.17, 15) is 33.6 Å². The molecule has 0 atom stereocenters. The summed E-state index contributed by atoms with van der Waals surface area (Å²) in [4.78, 5) is 105. The van der Waals surface area contributed by atoms with Crippen LogP contribution in [-0.2, 0) is 25.6 Å². The van der Waals surface area contributed by atoms with Gasteiger partial charge in [-0.2, -0.15) is 19.9 Å². The number of ether oxygens (including phenoxy) is 3. The van der Waals surface area contributed by atoms with Crippen molar-refractivity contribution < 1.29 is 60.9 Å². The van der Waals surface area contributed by atoms with Crippen molar-refractivity contribution >= 4 is 87.7 Å². The normalized spacial score (nSPS) is 14.1. The van der Waals surface area contributed by atoms with Crippen LogP contribution in [0.2, 0.25) is 0 Å². The van der Waals surface area contributed by atoms with E-state index in [1.165, 1.54) is 37.8 Å². The lowest BCUT2D eigenvalue weighted by atomic mass is 10.0. The highest BCUT2D eigenvalue weighted by Crippen LogP contribution is 2.37. The summed E-state index contributed by atoms with van der Waals surface area (Å²) in [5.41, 5.74) is 8.00. The minimum Gasteiger partial charge on any atom is -0.497 e. The molecule has 32 heteroatoms. The Hall–Kier alpha value is -14.7. The Morgan fingerprint density at radius 1 is 0.377 bits per heavy atom. The van der Waals surface area contributed by atoms with E-state index in [4.69, 9.17) is 14.2 Å². The highest BCUT2D eigenvalue weighted by Gasteiger charge is 2.34. The maximum absolute atomic E-state index is 15.0. The first kappa shape index (κ1) is 81.0. The quantitative estimate of drug-likeness (QED) is 0.0306. The number of hydrogen-bond acceptors (Lipinski definition) is 18. The average molecular weight is 1650 g/mol. The number of likely N-dealkylation sites (tertiary alicyclic amines) is 1. The van der Waals surface area contributed by atoms with Crippen LogP contribution in [-0.4, -0.2) is 152 Å². The molecule has 5 fully saturated rings. The zero-order valence-corrected chi connectivity index (χ0v) is 66.5. The van der Waals surface area contributed by atoms with Gasteiger partial charge in [0.05, 0.1) is 43.5 Å². The molecular weight excluding hydrogens is 1560 g/mol. The fourth-order valence-corrected chi connectivity index (χ4v) is 13.8. The van der Waals surface area contributed by atoms with Crippen molar-refractivity contribution in [2.75, 3.05) is 68.3 Å². The summed E-state index contributed by atoms with van der Waals surface area (Å²) in [6, 6.07) is 59.2. The molecular formula is C90H84F3N19O10. The number of pyridine rings is 4. The molecule has 6 aromatic carbocycles. The van der Waals surface area contributed by atoms with E-state index in [1.54, 1.807) is 109 Å². The van der Waals surface area contributed by atoms with E-state index < -0.39 is 23.4 Å². The molecule has 5 aliphatic rings. The molecule has 0 spiro atoms. The van der Waals surface area contributed by atoms with Gasteiger partial charge in [-0.15, -0.1) is 20.4 Å². The number of rotatable bonds is 24. The molecule has 29 nitrogen and oxygen atoms in total. The van der Waals surface area contributed by atoms with Gasteiger partial charge in [0, 0.05) is 88.3 Å². The minimum absolute atomic E-state index is 0.0144. The number of anilines is 4. The molecule has 8 aromatic heterocycles. The Labute approximate surface area is 696 Å². The van der Waals surface area contributed by atoms with E-state index in [2.05, 4.69) is 72.2 Å². The van der Waals surface area contributed by atoms with Gasteiger partial charge in [0.2, 0.25) is 47.4 Å². The van der Waals surface area contributed by atoms with E-state index >= 15 is 13.2 Å². The molecule has 4 saturated carbocycles. The number of nitrogens with zero attached hydrogens (tertiary/aromatic N) is 13. The van der Waals surface area contributed by atoms with Gasteiger partial charge in [-0.05, 0) is 210 Å². The summed E-state index contributed by atoms with van der Waals surface area (Å²) in [5.74, 6) is 0.407. The lowest BCUT2D eigenvalue weighted by molar-refractivity contribution is -0.118. The number of methoxy groups -OCH3 is 2. The number of fused-ring (bicyclic) bond motifs is 4.